The quantitative estimate of drug-likeness (QED) is 0.327. The van der Waals surface area contributed by atoms with Gasteiger partial charge in [-0.25, -0.2) is 4.79 Å². The van der Waals surface area contributed by atoms with Gasteiger partial charge < -0.3 is 4.74 Å². The van der Waals surface area contributed by atoms with Crippen molar-refractivity contribution in [1.82, 2.24) is 0 Å². The molecule has 0 aromatic carbocycles. The highest BCUT2D eigenvalue weighted by Crippen LogP contribution is 2.08. The molecule has 0 saturated carbocycles. The Morgan fingerprint density at radius 1 is 0.941 bits per heavy atom. The Balaban J connectivity index is 0. The van der Waals surface area contributed by atoms with Crippen LogP contribution in [0.5, 0.6) is 0 Å². The Bertz CT molecular complexity index is 156. The first-order valence-electron chi connectivity index (χ1n) is 6.93. The molecule has 0 unspecified atom stereocenters. The largest absolute Gasteiger partial charge is 0.466 e. The lowest BCUT2D eigenvalue weighted by Crippen LogP contribution is -1.91. The van der Waals surface area contributed by atoms with Crippen molar-refractivity contribution in [2.45, 2.75) is 71.6 Å². The van der Waals surface area contributed by atoms with E-state index in [-0.39, 0.29) is 0 Å². The van der Waals surface area contributed by atoms with Crippen LogP contribution in [0.15, 0.2) is 12.7 Å². The molecule has 17 heavy (non-hydrogen) atoms. The molecule has 2 nitrogen and oxygen atoms in total. The summed E-state index contributed by atoms with van der Waals surface area (Å²) in [6.45, 7) is 7.71. The fourth-order valence-electron chi connectivity index (χ4n) is 1.47. The first kappa shape index (κ1) is 18.6. The molecule has 0 fully saturated rings. The van der Waals surface area contributed by atoms with E-state index in [0.29, 0.717) is 0 Å². The van der Waals surface area contributed by atoms with Gasteiger partial charge in [-0.3, -0.25) is 0 Å². The zero-order chi connectivity index (χ0) is 13.4. The minimum atomic E-state index is -0.394. The summed E-state index contributed by atoms with van der Waals surface area (Å²) in [5.74, 6) is -0.394. The standard InChI is InChI=1S/C11H24.C4H6O2/c1-3-5-7-9-11-10-8-6-4-2;1-3-4(5)6-2/h3-11H2,1-2H3;3H,1H2,2H3. The van der Waals surface area contributed by atoms with Gasteiger partial charge in [-0.1, -0.05) is 78.2 Å². The van der Waals surface area contributed by atoms with E-state index in [1.807, 2.05) is 0 Å². The van der Waals surface area contributed by atoms with Crippen molar-refractivity contribution >= 4 is 5.97 Å². The van der Waals surface area contributed by atoms with Gasteiger partial charge in [0.1, 0.15) is 0 Å². The fourth-order valence-corrected chi connectivity index (χ4v) is 1.47. The van der Waals surface area contributed by atoms with Crippen LogP contribution in [-0.2, 0) is 9.53 Å². The van der Waals surface area contributed by atoms with E-state index in [2.05, 4.69) is 25.2 Å². The van der Waals surface area contributed by atoms with Crippen LogP contribution >= 0.6 is 0 Å². The zero-order valence-corrected chi connectivity index (χ0v) is 12.0. The van der Waals surface area contributed by atoms with Crippen molar-refractivity contribution < 1.29 is 9.53 Å². The summed E-state index contributed by atoms with van der Waals surface area (Å²) in [5, 5.41) is 0. The molecule has 0 radical (unpaired) electrons. The Kier molecular flexibility index (Phi) is 19.2. The average molecular weight is 242 g/mol. The molecular weight excluding hydrogens is 212 g/mol. The van der Waals surface area contributed by atoms with E-state index in [4.69, 9.17) is 0 Å². The maximum Gasteiger partial charge on any atom is 0.329 e. The number of ether oxygens (including phenoxy) is 1. The zero-order valence-electron chi connectivity index (χ0n) is 12.0. The molecule has 0 atom stereocenters. The molecular formula is C15H30O2. The van der Waals surface area contributed by atoms with Crippen LogP contribution in [0, 0.1) is 0 Å². The van der Waals surface area contributed by atoms with Crippen LogP contribution < -0.4 is 0 Å². The minimum absolute atomic E-state index is 0.394. The Morgan fingerprint density at radius 3 is 1.47 bits per heavy atom. The van der Waals surface area contributed by atoms with Crippen LogP contribution in [0.2, 0.25) is 0 Å². The number of carbonyl (C=O) groups is 1. The van der Waals surface area contributed by atoms with E-state index in [1.54, 1.807) is 0 Å². The first-order chi connectivity index (χ1) is 8.22. The molecule has 102 valence electrons. The van der Waals surface area contributed by atoms with E-state index < -0.39 is 5.97 Å². The molecule has 0 aliphatic carbocycles. The SMILES string of the molecule is C=CC(=O)OC.CCCCCCCCCCC. The van der Waals surface area contributed by atoms with E-state index >= 15 is 0 Å². The van der Waals surface area contributed by atoms with Gasteiger partial charge in [-0.2, -0.15) is 0 Å². The van der Waals surface area contributed by atoms with Crippen molar-refractivity contribution in [3.63, 3.8) is 0 Å². The maximum absolute atomic E-state index is 9.84. The molecule has 0 heterocycles. The summed E-state index contributed by atoms with van der Waals surface area (Å²) >= 11 is 0. The molecule has 0 aliphatic heterocycles. The number of hydrogen-bond donors (Lipinski definition) is 0. The highest BCUT2D eigenvalue weighted by atomic mass is 16.5. The van der Waals surface area contributed by atoms with E-state index in [1.165, 1.54) is 64.9 Å². The summed E-state index contributed by atoms with van der Waals surface area (Å²) < 4.78 is 4.14. The van der Waals surface area contributed by atoms with E-state index in [0.717, 1.165) is 6.08 Å². The molecule has 0 spiro atoms. The third kappa shape index (κ3) is 21.1. The third-order valence-corrected chi connectivity index (χ3v) is 2.57. The molecule has 0 saturated heterocycles. The second-order valence-electron chi connectivity index (χ2n) is 4.20. The molecule has 0 rings (SSSR count). The van der Waals surface area contributed by atoms with Gasteiger partial charge in [-0.15, -0.1) is 0 Å². The maximum atomic E-state index is 9.84. The molecule has 0 N–H and O–H groups in total. The normalized spacial score (nSPS) is 9.12. The molecule has 0 bridgehead atoms. The van der Waals surface area contributed by atoms with Crippen LogP contribution in [0.3, 0.4) is 0 Å². The number of esters is 1. The monoisotopic (exact) mass is 242 g/mol. The van der Waals surface area contributed by atoms with Gasteiger partial charge >= 0.3 is 5.97 Å². The smallest absolute Gasteiger partial charge is 0.329 e. The predicted octanol–water partition coefficient (Wildman–Crippen LogP) is 4.88. The number of unbranched alkanes of at least 4 members (excludes halogenated alkanes) is 8. The fraction of sp³-hybridized carbons (Fsp3) is 0.800. The van der Waals surface area contributed by atoms with Crippen LogP contribution in [0.25, 0.3) is 0 Å². The topological polar surface area (TPSA) is 26.3 Å². The number of rotatable bonds is 9. The molecule has 0 aromatic rings. The number of hydrogen-bond acceptors (Lipinski definition) is 2. The summed E-state index contributed by atoms with van der Waals surface area (Å²) in [6.07, 6.45) is 14.1. The third-order valence-electron chi connectivity index (χ3n) is 2.57. The van der Waals surface area contributed by atoms with Gasteiger partial charge in [0.25, 0.3) is 0 Å². The van der Waals surface area contributed by atoms with Gasteiger partial charge in [0.2, 0.25) is 0 Å². The highest BCUT2D eigenvalue weighted by molar-refractivity contribution is 5.80. The second-order valence-corrected chi connectivity index (χ2v) is 4.20. The molecule has 2 heteroatoms. The lowest BCUT2D eigenvalue weighted by molar-refractivity contribution is -0.134. The Hall–Kier alpha value is -0.790. The molecule has 0 aromatic heterocycles. The lowest BCUT2D eigenvalue weighted by atomic mass is 10.1. The summed E-state index contributed by atoms with van der Waals surface area (Å²) in [5.41, 5.74) is 0. The van der Waals surface area contributed by atoms with Gasteiger partial charge in [0.15, 0.2) is 0 Å². The summed E-state index contributed by atoms with van der Waals surface area (Å²) in [6, 6.07) is 0. The Labute approximate surface area is 107 Å². The summed E-state index contributed by atoms with van der Waals surface area (Å²) in [4.78, 5) is 9.84. The minimum Gasteiger partial charge on any atom is -0.466 e. The van der Waals surface area contributed by atoms with Crippen molar-refractivity contribution in [2.24, 2.45) is 0 Å². The Morgan fingerprint density at radius 2 is 1.29 bits per heavy atom. The van der Waals surface area contributed by atoms with E-state index in [9.17, 15) is 4.79 Å². The van der Waals surface area contributed by atoms with Crippen molar-refractivity contribution in [2.75, 3.05) is 7.11 Å². The number of methoxy groups -OCH3 is 1. The van der Waals surface area contributed by atoms with Crippen molar-refractivity contribution in [3.8, 4) is 0 Å². The second kappa shape index (κ2) is 17.6. The van der Waals surface area contributed by atoms with Gasteiger partial charge in [-0.05, 0) is 0 Å². The number of carbonyl (C=O) groups excluding carboxylic acids is 1. The molecule has 0 amide bonds. The van der Waals surface area contributed by atoms with Crippen molar-refractivity contribution in [3.05, 3.63) is 12.7 Å². The van der Waals surface area contributed by atoms with Crippen LogP contribution in [0.1, 0.15) is 71.6 Å². The summed E-state index contributed by atoms with van der Waals surface area (Å²) in [7, 11) is 1.31. The average Bonchev–Trinajstić information content (AvgIpc) is 2.37. The van der Waals surface area contributed by atoms with Crippen molar-refractivity contribution in [1.29, 1.82) is 0 Å². The lowest BCUT2D eigenvalue weighted by Gasteiger charge is -1.98. The van der Waals surface area contributed by atoms with Crippen LogP contribution in [0.4, 0.5) is 0 Å². The highest BCUT2D eigenvalue weighted by Gasteiger charge is 1.89. The van der Waals surface area contributed by atoms with Gasteiger partial charge in [0, 0.05) is 6.08 Å². The van der Waals surface area contributed by atoms with Crippen LogP contribution in [-0.4, -0.2) is 13.1 Å². The first-order valence-corrected chi connectivity index (χ1v) is 6.93. The predicted molar refractivity (Wildman–Crippen MR) is 75.1 cm³/mol. The van der Waals surface area contributed by atoms with Gasteiger partial charge in [0.05, 0.1) is 7.11 Å². The molecule has 0 aliphatic rings.